The van der Waals surface area contributed by atoms with Crippen LogP contribution >= 0.6 is 15.9 Å². The third kappa shape index (κ3) is 3.38. The lowest BCUT2D eigenvalue weighted by atomic mass is 9.86. The highest BCUT2D eigenvalue weighted by Crippen LogP contribution is 2.33. The Hall–Kier alpha value is -0.830. The van der Waals surface area contributed by atoms with Crippen molar-refractivity contribution >= 4 is 27.4 Å². The van der Waals surface area contributed by atoms with Crippen LogP contribution in [0.25, 0.3) is 0 Å². The highest BCUT2D eigenvalue weighted by molar-refractivity contribution is 9.10. The van der Waals surface area contributed by atoms with E-state index in [-0.39, 0.29) is 5.78 Å². The second kappa shape index (κ2) is 6.08. The van der Waals surface area contributed by atoms with Crippen LogP contribution in [-0.2, 0) is 0 Å². The molecule has 0 aromatic heterocycles. The highest BCUT2D eigenvalue weighted by Gasteiger charge is 2.23. The molecule has 0 N–H and O–H groups in total. The number of carbonyl (C=O) groups is 1. The lowest BCUT2D eigenvalue weighted by Crippen LogP contribution is -2.35. The molecule has 3 heteroatoms. The first kappa shape index (κ1) is 14.6. The number of ketones is 1. The summed E-state index contributed by atoms with van der Waals surface area (Å²) in [6.45, 7) is 3.95. The molecule has 0 unspecified atom stereocenters. The van der Waals surface area contributed by atoms with Crippen LogP contribution in [0.3, 0.4) is 0 Å². The van der Waals surface area contributed by atoms with Crippen LogP contribution in [0.2, 0.25) is 0 Å². The zero-order valence-electron chi connectivity index (χ0n) is 11.9. The van der Waals surface area contributed by atoms with Gasteiger partial charge in [0, 0.05) is 23.1 Å². The molecule has 1 fully saturated rings. The van der Waals surface area contributed by atoms with Crippen molar-refractivity contribution in [2.75, 3.05) is 11.9 Å². The number of halogens is 1. The number of anilines is 1. The molecule has 0 amide bonds. The predicted octanol–water partition coefficient (Wildman–Crippen LogP) is 4.67. The minimum atomic E-state index is 0.112. The van der Waals surface area contributed by atoms with Gasteiger partial charge in [0.05, 0.1) is 5.69 Å². The molecule has 19 heavy (non-hydrogen) atoms. The fourth-order valence-corrected chi connectivity index (χ4v) is 3.50. The third-order valence-corrected chi connectivity index (χ3v) is 4.90. The van der Waals surface area contributed by atoms with E-state index in [0.29, 0.717) is 6.04 Å². The van der Waals surface area contributed by atoms with Crippen molar-refractivity contribution in [3.05, 3.63) is 28.2 Å². The molecule has 1 saturated carbocycles. The molecule has 0 radical (unpaired) electrons. The smallest absolute Gasteiger partial charge is 0.159 e. The lowest BCUT2D eigenvalue weighted by Gasteiger charge is -2.35. The Morgan fingerprint density at radius 2 is 1.89 bits per heavy atom. The van der Waals surface area contributed by atoms with Gasteiger partial charge in [0.2, 0.25) is 0 Å². The number of Topliss-reactive ketones (excluding diaryl/α,β-unsaturated/α-hetero) is 1. The van der Waals surface area contributed by atoms with Crippen LogP contribution in [0.4, 0.5) is 5.69 Å². The van der Waals surface area contributed by atoms with Crippen molar-refractivity contribution < 1.29 is 4.79 Å². The number of hydrogen-bond acceptors (Lipinski definition) is 2. The molecule has 1 aromatic carbocycles. The van der Waals surface area contributed by atoms with Crippen LogP contribution in [0.15, 0.2) is 22.7 Å². The Bertz CT molecular complexity index is 464. The van der Waals surface area contributed by atoms with E-state index < -0.39 is 0 Å². The molecule has 1 aliphatic carbocycles. The standard InChI is InChI=1S/C16H22BrNO/c1-11-4-7-14(8-5-11)18(3)16-9-6-13(12(2)19)10-15(16)17/h6,9-11,14H,4-5,7-8H2,1-3H3. The topological polar surface area (TPSA) is 20.3 Å². The fourth-order valence-electron chi connectivity index (χ4n) is 2.84. The molecule has 0 heterocycles. The normalized spacial score (nSPS) is 23.2. The van der Waals surface area contributed by atoms with Crippen molar-refractivity contribution in [3.8, 4) is 0 Å². The maximum atomic E-state index is 11.4. The van der Waals surface area contributed by atoms with Crippen molar-refractivity contribution in [1.29, 1.82) is 0 Å². The first-order chi connectivity index (χ1) is 8.99. The van der Waals surface area contributed by atoms with E-state index in [1.807, 2.05) is 12.1 Å². The Kier molecular flexibility index (Phi) is 4.67. The average molecular weight is 324 g/mol. The summed E-state index contributed by atoms with van der Waals surface area (Å²) >= 11 is 3.60. The first-order valence-corrected chi connectivity index (χ1v) is 7.81. The lowest BCUT2D eigenvalue weighted by molar-refractivity contribution is 0.101. The van der Waals surface area contributed by atoms with Crippen LogP contribution in [-0.4, -0.2) is 18.9 Å². The zero-order chi connectivity index (χ0) is 14.0. The maximum absolute atomic E-state index is 11.4. The van der Waals surface area contributed by atoms with Gasteiger partial charge in [-0.15, -0.1) is 0 Å². The largest absolute Gasteiger partial charge is 0.371 e. The summed E-state index contributed by atoms with van der Waals surface area (Å²) in [5.74, 6) is 0.981. The van der Waals surface area contributed by atoms with Crippen LogP contribution < -0.4 is 4.90 Å². The first-order valence-electron chi connectivity index (χ1n) is 7.02. The van der Waals surface area contributed by atoms with Crippen LogP contribution in [0.1, 0.15) is 49.9 Å². The molecular weight excluding hydrogens is 302 g/mol. The summed E-state index contributed by atoms with van der Waals surface area (Å²) in [7, 11) is 2.16. The van der Waals surface area contributed by atoms with Crippen LogP contribution in [0, 0.1) is 5.92 Å². The van der Waals surface area contributed by atoms with Crippen molar-refractivity contribution in [2.45, 2.75) is 45.6 Å². The summed E-state index contributed by atoms with van der Waals surface area (Å²) in [6.07, 6.45) is 5.16. The van der Waals surface area contributed by atoms with E-state index in [2.05, 4.69) is 40.9 Å². The maximum Gasteiger partial charge on any atom is 0.159 e. The Labute approximate surface area is 124 Å². The van der Waals surface area contributed by atoms with Gasteiger partial charge in [0.1, 0.15) is 0 Å². The van der Waals surface area contributed by atoms with Crippen molar-refractivity contribution in [3.63, 3.8) is 0 Å². The summed E-state index contributed by atoms with van der Waals surface area (Å²) in [5.41, 5.74) is 1.95. The monoisotopic (exact) mass is 323 g/mol. The highest BCUT2D eigenvalue weighted by atomic mass is 79.9. The van der Waals surface area contributed by atoms with Gasteiger partial charge >= 0.3 is 0 Å². The molecule has 2 rings (SSSR count). The molecule has 1 aliphatic rings. The van der Waals surface area contributed by atoms with E-state index in [9.17, 15) is 4.79 Å². The number of hydrogen-bond donors (Lipinski definition) is 0. The molecule has 0 atom stereocenters. The van der Waals surface area contributed by atoms with E-state index in [1.165, 1.54) is 31.4 Å². The predicted molar refractivity (Wildman–Crippen MR) is 84.0 cm³/mol. The van der Waals surface area contributed by atoms with Gasteiger partial charge in [-0.25, -0.2) is 0 Å². The molecule has 0 aliphatic heterocycles. The second-order valence-electron chi connectivity index (χ2n) is 5.75. The Morgan fingerprint density at radius 1 is 1.26 bits per heavy atom. The zero-order valence-corrected chi connectivity index (χ0v) is 13.5. The van der Waals surface area contributed by atoms with Gasteiger partial charge in [-0.3, -0.25) is 4.79 Å². The molecule has 1 aromatic rings. The average Bonchev–Trinajstić information content (AvgIpc) is 2.38. The van der Waals surface area contributed by atoms with E-state index in [1.54, 1.807) is 6.92 Å². The van der Waals surface area contributed by atoms with Gasteiger partial charge in [-0.05, 0) is 72.7 Å². The molecule has 104 valence electrons. The summed E-state index contributed by atoms with van der Waals surface area (Å²) in [4.78, 5) is 13.7. The SMILES string of the molecule is CC(=O)c1ccc(N(C)C2CCC(C)CC2)c(Br)c1. The summed E-state index contributed by atoms with van der Waals surface area (Å²) in [6, 6.07) is 6.53. The fraction of sp³-hybridized carbons (Fsp3) is 0.562. The van der Waals surface area contributed by atoms with Gasteiger partial charge in [-0.1, -0.05) is 6.92 Å². The molecule has 2 nitrogen and oxygen atoms in total. The van der Waals surface area contributed by atoms with Gasteiger partial charge in [0.15, 0.2) is 5.78 Å². The van der Waals surface area contributed by atoms with E-state index in [4.69, 9.17) is 0 Å². The number of rotatable bonds is 3. The minimum absolute atomic E-state index is 0.112. The quantitative estimate of drug-likeness (QED) is 0.753. The number of benzene rings is 1. The molecule has 0 spiro atoms. The van der Waals surface area contributed by atoms with E-state index in [0.717, 1.165) is 16.0 Å². The van der Waals surface area contributed by atoms with Crippen molar-refractivity contribution in [1.82, 2.24) is 0 Å². The summed E-state index contributed by atoms with van der Waals surface area (Å²) in [5, 5.41) is 0. The molecule has 0 bridgehead atoms. The van der Waals surface area contributed by atoms with Gasteiger partial charge in [-0.2, -0.15) is 0 Å². The molecule has 0 saturated heterocycles. The van der Waals surface area contributed by atoms with Gasteiger partial charge < -0.3 is 4.90 Å². The van der Waals surface area contributed by atoms with Crippen LogP contribution in [0.5, 0.6) is 0 Å². The summed E-state index contributed by atoms with van der Waals surface area (Å²) < 4.78 is 1.02. The van der Waals surface area contributed by atoms with E-state index >= 15 is 0 Å². The second-order valence-corrected chi connectivity index (χ2v) is 6.60. The van der Waals surface area contributed by atoms with Crippen molar-refractivity contribution in [2.24, 2.45) is 5.92 Å². The van der Waals surface area contributed by atoms with Gasteiger partial charge in [0.25, 0.3) is 0 Å². The third-order valence-electron chi connectivity index (χ3n) is 4.27. The number of nitrogens with zero attached hydrogens (tertiary/aromatic N) is 1. The Balaban J connectivity index is 2.15. The minimum Gasteiger partial charge on any atom is -0.371 e. The Morgan fingerprint density at radius 3 is 2.42 bits per heavy atom. The number of carbonyl (C=O) groups excluding carboxylic acids is 1. The molecular formula is C16H22BrNO.